The van der Waals surface area contributed by atoms with Crippen LogP contribution in [0.1, 0.15) is 31.4 Å². The molecule has 27 heavy (non-hydrogen) atoms. The van der Waals surface area contributed by atoms with Gasteiger partial charge in [-0.25, -0.2) is 8.42 Å². The number of carbonyl (C=O) groups is 1. The van der Waals surface area contributed by atoms with E-state index in [1.54, 1.807) is 30.3 Å². The van der Waals surface area contributed by atoms with Crippen LogP contribution in [0.15, 0.2) is 47.4 Å². The molecule has 0 spiro atoms. The minimum absolute atomic E-state index is 0.133. The number of amides is 1. The summed E-state index contributed by atoms with van der Waals surface area (Å²) in [6, 6.07) is 10.8. The topological polar surface area (TPSA) is 75.3 Å². The van der Waals surface area contributed by atoms with E-state index in [1.807, 2.05) is 27.7 Å². The van der Waals surface area contributed by atoms with Gasteiger partial charge in [0.15, 0.2) is 0 Å². The van der Waals surface area contributed by atoms with Gasteiger partial charge in [-0.05, 0) is 49.6 Å². The first kappa shape index (κ1) is 21.4. The monoisotopic (exact) mass is 408 g/mol. The number of hydrogen-bond acceptors (Lipinski definition) is 3. The lowest BCUT2D eigenvalue weighted by atomic mass is 9.99. The van der Waals surface area contributed by atoms with Crippen molar-refractivity contribution in [3.05, 3.63) is 58.6 Å². The van der Waals surface area contributed by atoms with Crippen molar-refractivity contribution in [2.24, 2.45) is 5.92 Å². The van der Waals surface area contributed by atoms with Crippen LogP contribution in [-0.4, -0.2) is 20.4 Å². The van der Waals surface area contributed by atoms with Crippen molar-refractivity contribution in [3.63, 3.8) is 0 Å². The number of nitrogens with one attached hydrogen (secondary N) is 2. The molecule has 0 aliphatic carbocycles. The Morgan fingerprint density at radius 3 is 2.33 bits per heavy atom. The van der Waals surface area contributed by atoms with E-state index >= 15 is 0 Å². The van der Waals surface area contributed by atoms with Crippen LogP contribution in [0.25, 0.3) is 0 Å². The van der Waals surface area contributed by atoms with E-state index in [9.17, 15) is 13.2 Å². The van der Waals surface area contributed by atoms with Crippen LogP contribution in [0.4, 0.5) is 5.69 Å². The predicted octanol–water partition coefficient (Wildman–Crippen LogP) is 4.29. The van der Waals surface area contributed by atoms with E-state index in [0.717, 1.165) is 11.1 Å². The zero-order valence-corrected chi connectivity index (χ0v) is 17.5. The van der Waals surface area contributed by atoms with Crippen LogP contribution in [0.5, 0.6) is 0 Å². The van der Waals surface area contributed by atoms with Gasteiger partial charge in [0.1, 0.15) is 6.04 Å². The summed E-state index contributed by atoms with van der Waals surface area (Å²) in [7, 11) is -3.82. The van der Waals surface area contributed by atoms with Gasteiger partial charge in [0.25, 0.3) is 0 Å². The Bertz CT molecular complexity index is 911. The largest absolute Gasteiger partial charge is 0.324 e. The normalized spacial score (nSPS) is 13.8. The molecule has 2 rings (SSSR count). The zero-order valence-electron chi connectivity index (χ0n) is 15.9. The number of anilines is 1. The minimum atomic E-state index is -3.82. The summed E-state index contributed by atoms with van der Waals surface area (Å²) in [6.07, 6.45) is 0.642. The van der Waals surface area contributed by atoms with Crippen molar-refractivity contribution < 1.29 is 13.2 Å². The molecule has 7 heteroatoms. The van der Waals surface area contributed by atoms with Gasteiger partial charge in [-0.2, -0.15) is 4.72 Å². The van der Waals surface area contributed by atoms with Gasteiger partial charge in [-0.1, -0.05) is 55.6 Å². The third-order valence-electron chi connectivity index (χ3n) is 4.57. The van der Waals surface area contributed by atoms with Crippen LogP contribution in [0, 0.1) is 19.8 Å². The molecule has 2 aromatic rings. The number of halogens is 1. The molecule has 1 amide bonds. The van der Waals surface area contributed by atoms with Crippen molar-refractivity contribution in [3.8, 4) is 0 Å². The highest BCUT2D eigenvalue weighted by Gasteiger charge is 2.30. The Morgan fingerprint density at radius 2 is 1.74 bits per heavy atom. The summed E-state index contributed by atoms with van der Waals surface area (Å²) >= 11 is 6.01. The van der Waals surface area contributed by atoms with Gasteiger partial charge in [-0.3, -0.25) is 4.79 Å². The standard InChI is InChI=1S/C20H25ClN2O3S/c1-5-14(3)19(20(24)22-18-12-16(21)9-8-15(18)4)23-27(25,26)17-10-6-13(2)7-11-17/h6-12,14,19,23H,5H2,1-4H3,(H,22,24)/t14-,19-/m0/s1. The Labute approximate surface area is 166 Å². The first-order valence-corrected chi connectivity index (χ1v) is 10.7. The van der Waals surface area contributed by atoms with Crippen molar-refractivity contribution in [1.29, 1.82) is 0 Å². The van der Waals surface area contributed by atoms with Crippen molar-refractivity contribution >= 4 is 33.2 Å². The number of carbonyl (C=O) groups excluding carboxylic acids is 1. The maximum absolute atomic E-state index is 12.9. The van der Waals surface area contributed by atoms with Gasteiger partial charge < -0.3 is 5.32 Å². The molecule has 0 aliphatic rings. The molecule has 0 bridgehead atoms. The highest BCUT2D eigenvalue weighted by atomic mass is 35.5. The summed E-state index contributed by atoms with van der Waals surface area (Å²) in [4.78, 5) is 13.0. The smallest absolute Gasteiger partial charge is 0.242 e. The molecule has 0 fully saturated rings. The summed E-state index contributed by atoms with van der Waals surface area (Å²) in [5.74, 6) is -0.602. The fourth-order valence-corrected chi connectivity index (χ4v) is 4.03. The number of hydrogen-bond donors (Lipinski definition) is 2. The fraction of sp³-hybridized carbons (Fsp3) is 0.350. The minimum Gasteiger partial charge on any atom is -0.324 e. The van der Waals surface area contributed by atoms with Gasteiger partial charge >= 0.3 is 0 Å². The summed E-state index contributed by atoms with van der Waals surface area (Å²) in [6.45, 7) is 7.48. The average Bonchev–Trinajstić information content (AvgIpc) is 2.62. The van der Waals surface area contributed by atoms with Gasteiger partial charge in [-0.15, -0.1) is 0 Å². The maximum Gasteiger partial charge on any atom is 0.242 e. The van der Waals surface area contributed by atoms with E-state index in [2.05, 4.69) is 10.0 Å². The van der Waals surface area contributed by atoms with Crippen LogP contribution in [0.2, 0.25) is 5.02 Å². The third-order valence-corrected chi connectivity index (χ3v) is 6.26. The number of benzene rings is 2. The van der Waals surface area contributed by atoms with Crippen molar-refractivity contribution in [1.82, 2.24) is 4.72 Å². The molecule has 0 aromatic heterocycles. The lowest BCUT2D eigenvalue weighted by Gasteiger charge is -2.24. The molecule has 2 atom stereocenters. The molecule has 0 saturated carbocycles. The van der Waals surface area contributed by atoms with E-state index in [4.69, 9.17) is 11.6 Å². The van der Waals surface area contributed by atoms with Crippen molar-refractivity contribution in [2.75, 3.05) is 5.32 Å². The zero-order chi connectivity index (χ0) is 20.2. The molecule has 2 aromatic carbocycles. The molecule has 0 heterocycles. The quantitative estimate of drug-likeness (QED) is 0.717. The molecular formula is C20H25ClN2O3S. The highest BCUT2D eigenvalue weighted by molar-refractivity contribution is 7.89. The van der Waals surface area contributed by atoms with Crippen LogP contribution in [-0.2, 0) is 14.8 Å². The molecule has 2 N–H and O–H groups in total. The number of aryl methyl sites for hydroxylation is 2. The van der Waals surface area contributed by atoms with E-state index < -0.39 is 22.0 Å². The van der Waals surface area contributed by atoms with Crippen LogP contribution >= 0.6 is 11.6 Å². The predicted molar refractivity (Wildman–Crippen MR) is 110 cm³/mol. The molecular weight excluding hydrogens is 384 g/mol. The van der Waals surface area contributed by atoms with Crippen LogP contribution in [0.3, 0.4) is 0 Å². The average molecular weight is 409 g/mol. The molecule has 0 saturated heterocycles. The molecule has 0 radical (unpaired) electrons. The Morgan fingerprint density at radius 1 is 1.11 bits per heavy atom. The number of rotatable bonds is 7. The van der Waals surface area contributed by atoms with E-state index in [0.29, 0.717) is 17.1 Å². The Balaban J connectivity index is 2.27. The fourth-order valence-electron chi connectivity index (χ4n) is 2.56. The lowest BCUT2D eigenvalue weighted by Crippen LogP contribution is -2.47. The highest BCUT2D eigenvalue weighted by Crippen LogP contribution is 2.22. The third kappa shape index (κ3) is 5.54. The second-order valence-electron chi connectivity index (χ2n) is 6.75. The van der Waals surface area contributed by atoms with Crippen molar-refractivity contribution in [2.45, 2.75) is 45.1 Å². The molecule has 146 valence electrons. The van der Waals surface area contributed by atoms with Gasteiger partial charge in [0.05, 0.1) is 4.90 Å². The molecule has 5 nitrogen and oxygen atoms in total. The van der Waals surface area contributed by atoms with Gasteiger partial charge in [0.2, 0.25) is 15.9 Å². The first-order valence-electron chi connectivity index (χ1n) is 8.80. The SMILES string of the molecule is CC[C@H](C)[C@H](NS(=O)(=O)c1ccc(C)cc1)C(=O)Nc1cc(Cl)ccc1C. The van der Waals surface area contributed by atoms with Gasteiger partial charge in [0, 0.05) is 10.7 Å². The summed E-state index contributed by atoms with van der Waals surface area (Å²) < 4.78 is 28.0. The van der Waals surface area contributed by atoms with E-state index in [-0.39, 0.29) is 10.8 Å². The first-order chi connectivity index (χ1) is 12.6. The lowest BCUT2D eigenvalue weighted by molar-refractivity contribution is -0.118. The maximum atomic E-state index is 12.9. The summed E-state index contributed by atoms with van der Waals surface area (Å²) in [5, 5.41) is 3.30. The Kier molecular flexibility index (Phi) is 7.03. The van der Waals surface area contributed by atoms with Crippen LogP contribution < -0.4 is 10.0 Å². The molecule has 0 aliphatic heterocycles. The van der Waals surface area contributed by atoms with E-state index in [1.165, 1.54) is 12.1 Å². The number of sulfonamides is 1. The second-order valence-corrected chi connectivity index (χ2v) is 8.90. The summed E-state index contributed by atoms with van der Waals surface area (Å²) in [5.41, 5.74) is 2.37. The Hall–Kier alpha value is -1.89. The molecule has 0 unspecified atom stereocenters. The second kappa shape index (κ2) is 8.87.